The molecule has 164 valence electrons. The van der Waals surface area contributed by atoms with Gasteiger partial charge in [-0.2, -0.15) is 5.10 Å². The molecule has 0 radical (unpaired) electrons. The second-order valence-corrected chi connectivity index (χ2v) is 8.48. The standard InChI is InChI=1S/C27H25N5O/c1-16-10-11-24-22(13-16)23(14-17(2)29-24)27(33)30-25-18(3)31-32(19(25)4)15-21-8-5-7-20-9-6-12-28-26(20)21/h5-14H,15H2,1-4H3,(H,30,33). The third-order valence-corrected chi connectivity index (χ3v) is 5.99. The number of hydrogen-bond donors (Lipinski definition) is 1. The van der Waals surface area contributed by atoms with Crippen molar-refractivity contribution in [2.24, 2.45) is 0 Å². The third-order valence-electron chi connectivity index (χ3n) is 5.99. The van der Waals surface area contributed by atoms with Gasteiger partial charge in [-0.15, -0.1) is 0 Å². The molecule has 0 fully saturated rings. The van der Waals surface area contributed by atoms with Gasteiger partial charge in [0.15, 0.2) is 0 Å². The molecule has 0 aliphatic heterocycles. The predicted octanol–water partition coefficient (Wildman–Crippen LogP) is 5.51. The highest BCUT2D eigenvalue weighted by Crippen LogP contribution is 2.25. The summed E-state index contributed by atoms with van der Waals surface area (Å²) in [7, 11) is 0. The van der Waals surface area contributed by atoms with Crippen molar-refractivity contribution in [3.8, 4) is 0 Å². The van der Waals surface area contributed by atoms with E-state index in [-0.39, 0.29) is 5.91 Å². The van der Waals surface area contributed by atoms with E-state index in [9.17, 15) is 4.79 Å². The molecule has 33 heavy (non-hydrogen) atoms. The van der Waals surface area contributed by atoms with Crippen LogP contribution in [0.1, 0.15) is 38.6 Å². The fourth-order valence-corrected chi connectivity index (χ4v) is 4.33. The van der Waals surface area contributed by atoms with Gasteiger partial charge in [0.25, 0.3) is 5.91 Å². The Kier molecular flexibility index (Phi) is 5.13. The largest absolute Gasteiger partial charge is 0.319 e. The van der Waals surface area contributed by atoms with Crippen LogP contribution in [-0.2, 0) is 6.54 Å². The summed E-state index contributed by atoms with van der Waals surface area (Å²) in [5.41, 5.74) is 7.80. The van der Waals surface area contributed by atoms with Gasteiger partial charge in [0.05, 0.1) is 40.2 Å². The molecule has 0 aliphatic rings. The molecule has 5 rings (SSSR count). The third kappa shape index (κ3) is 3.84. The van der Waals surface area contributed by atoms with E-state index in [1.165, 1.54) is 0 Å². The molecule has 6 heteroatoms. The fourth-order valence-electron chi connectivity index (χ4n) is 4.33. The maximum Gasteiger partial charge on any atom is 0.256 e. The van der Waals surface area contributed by atoms with Gasteiger partial charge in [-0.1, -0.05) is 35.9 Å². The van der Waals surface area contributed by atoms with Crippen LogP contribution in [0.25, 0.3) is 21.8 Å². The Hall–Kier alpha value is -4.06. The van der Waals surface area contributed by atoms with Gasteiger partial charge in [0, 0.05) is 22.7 Å². The highest BCUT2D eigenvalue weighted by molar-refractivity contribution is 6.12. The van der Waals surface area contributed by atoms with E-state index >= 15 is 0 Å². The highest BCUT2D eigenvalue weighted by atomic mass is 16.1. The minimum atomic E-state index is -0.159. The Labute approximate surface area is 192 Å². The van der Waals surface area contributed by atoms with Crippen LogP contribution in [0.3, 0.4) is 0 Å². The van der Waals surface area contributed by atoms with Gasteiger partial charge in [-0.25, -0.2) is 0 Å². The maximum absolute atomic E-state index is 13.4. The van der Waals surface area contributed by atoms with E-state index in [0.29, 0.717) is 12.1 Å². The summed E-state index contributed by atoms with van der Waals surface area (Å²) < 4.78 is 1.93. The quantitative estimate of drug-likeness (QED) is 0.404. The monoisotopic (exact) mass is 435 g/mol. The molecule has 1 amide bonds. The Balaban J connectivity index is 1.49. The van der Waals surface area contributed by atoms with Crippen molar-refractivity contribution < 1.29 is 4.79 Å². The lowest BCUT2D eigenvalue weighted by Crippen LogP contribution is -2.14. The second-order valence-electron chi connectivity index (χ2n) is 8.48. The van der Waals surface area contributed by atoms with Crippen LogP contribution in [0.15, 0.2) is 60.8 Å². The van der Waals surface area contributed by atoms with E-state index < -0.39 is 0 Å². The number of nitrogens with zero attached hydrogens (tertiary/aromatic N) is 4. The van der Waals surface area contributed by atoms with Gasteiger partial charge in [0.1, 0.15) is 0 Å². The molecule has 6 nitrogen and oxygen atoms in total. The van der Waals surface area contributed by atoms with E-state index in [1.807, 2.05) is 68.8 Å². The molecule has 0 bridgehead atoms. The number of fused-ring (bicyclic) bond motifs is 2. The molecular formula is C27H25N5O. The summed E-state index contributed by atoms with van der Waals surface area (Å²) >= 11 is 0. The van der Waals surface area contributed by atoms with Crippen molar-refractivity contribution in [3.05, 3.63) is 94.6 Å². The lowest BCUT2D eigenvalue weighted by Gasteiger charge is -2.11. The zero-order valence-corrected chi connectivity index (χ0v) is 19.2. The summed E-state index contributed by atoms with van der Waals surface area (Å²) in [6, 6.07) is 18.0. The number of carbonyl (C=O) groups excluding carboxylic acids is 1. The highest BCUT2D eigenvalue weighted by Gasteiger charge is 2.18. The lowest BCUT2D eigenvalue weighted by atomic mass is 10.0. The summed E-state index contributed by atoms with van der Waals surface area (Å²) in [6.45, 7) is 8.40. The number of nitrogens with one attached hydrogen (secondary N) is 1. The van der Waals surface area contributed by atoms with Crippen molar-refractivity contribution in [3.63, 3.8) is 0 Å². The average molecular weight is 436 g/mol. The molecule has 0 unspecified atom stereocenters. The Morgan fingerprint density at radius 1 is 1.00 bits per heavy atom. The van der Waals surface area contributed by atoms with Gasteiger partial charge in [-0.3, -0.25) is 19.4 Å². The van der Waals surface area contributed by atoms with E-state index in [4.69, 9.17) is 5.10 Å². The number of anilines is 1. The molecule has 2 aromatic carbocycles. The zero-order valence-electron chi connectivity index (χ0n) is 19.2. The number of hydrogen-bond acceptors (Lipinski definition) is 4. The number of para-hydroxylation sites is 1. The van der Waals surface area contributed by atoms with Gasteiger partial charge < -0.3 is 5.32 Å². The first kappa shape index (κ1) is 20.8. The van der Waals surface area contributed by atoms with Crippen molar-refractivity contribution in [1.29, 1.82) is 0 Å². The van der Waals surface area contributed by atoms with Crippen LogP contribution >= 0.6 is 0 Å². The zero-order chi connectivity index (χ0) is 23.1. The fraction of sp³-hybridized carbons (Fsp3) is 0.185. The molecule has 1 N–H and O–H groups in total. The summed E-state index contributed by atoms with van der Waals surface area (Å²) in [4.78, 5) is 22.5. The molecule has 0 saturated carbocycles. The minimum Gasteiger partial charge on any atom is -0.319 e. The molecule has 3 heterocycles. The second kappa shape index (κ2) is 8.13. The van der Waals surface area contributed by atoms with Crippen LogP contribution < -0.4 is 5.32 Å². The normalized spacial score (nSPS) is 11.3. The van der Waals surface area contributed by atoms with Gasteiger partial charge in [0.2, 0.25) is 0 Å². The lowest BCUT2D eigenvalue weighted by molar-refractivity contribution is 0.102. The number of carbonyl (C=O) groups is 1. The van der Waals surface area contributed by atoms with E-state index in [1.54, 1.807) is 6.20 Å². The van der Waals surface area contributed by atoms with E-state index in [0.717, 1.165) is 55.7 Å². The summed E-state index contributed by atoms with van der Waals surface area (Å²) in [5.74, 6) is -0.159. The number of rotatable bonds is 4. The van der Waals surface area contributed by atoms with E-state index in [2.05, 4.69) is 33.5 Å². The molecule has 0 saturated heterocycles. The molecule has 5 aromatic rings. The van der Waals surface area contributed by atoms with Crippen LogP contribution in [0.2, 0.25) is 0 Å². The molecular weight excluding hydrogens is 410 g/mol. The number of pyridine rings is 2. The number of aryl methyl sites for hydroxylation is 3. The van der Waals surface area contributed by atoms with Crippen LogP contribution in [0.4, 0.5) is 5.69 Å². The van der Waals surface area contributed by atoms with Crippen molar-refractivity contribution >= 4 is 33.4 Å². The van der Waals surface area contributed by atoms with Crippen LogP contribution in [0.5, 0.6) is 0 Å². The predicted molar refractivity (Wildman–Crippen MR) is 132 cm³/mol. The SMILES string of the molecule is Cc1ccc2nc(C)cc(C(=O)Nc3c(C)nn(Cc4cccc5cccnc45)c3C)c2c1. The van der Waals surface area contributed by atoms with Crippen molar-refractivity contribution in [1.82, 2.24) is 19.7 Å². The Bertz CT molecular complexity index is 1530. The summed E-state index contributed by atoms with van der Waals surface area (Å²) in [6.07, 6.45) is 1.81. The first-order valence-corrected chi connectivity index (χ1v) is 11.0. The van der Waals surface area contributed by atoms with Crippen LogP contribution in [0, 0.1) is 27.7 Å². The first-order chi connectivity index (χ1) is 15.9. The number of amides is 1. The first-order valence-electron chi connectivity index (χ1n) is 11.0. The topological polar surface area (TPSA) is 72.7 Å². The smallest absolute Gasteiger partial charge is 0.256 e. The van der Waals surface area contributed by atoms with Gasteiger partial charge >= 0.3 is 0 Å². The van der Waals surface area contributed by atoms with Crippen molar-refractivity contribution in [2.45, 2.75) is 34.2 Å². The minimum absolute atomic E-state index is 0.159. The maximum atomic E-state index is 13.4. The number of benzene rings is 2. The average Bonchev–Trinajstić information content (AvgIpc) is 3.06. The van der Waals surface area contributed by atoms with Crippen LogP contribution in [-0.4, -0.2) is 25.7 Å². The Morgan fingerprint density at radius 2 is 1.82 bits per heavy atom. The molecule has 3 aromatic heterocycles. The molecule has 0 spiro atoms. The molecule has 0 atom stereocenters. The Morgan fingerprint density at radius 3 is 2.67 bits per heavy atom. The summed E-state index contributed by atoms with van der Waals surface area (Å²) in [5, 5.41) is 9.77. The van der Waals surface area contributed by atoms with Crippen molar-refractivity contribution in [2.75, 3.05) is 5.32 Å². The van der Waals surface area contributed by atoms with Gasteiger partial charge in [-0.05, 0) is 57.5 Å². The number of aromatic nitrogens is 4. The molecule has 0 aliphatic carbocycles.